The van der Waals surface area contributed by atoms with E-state index < -0.39 is 0 Å². The van der Waals surface area contributed by atoms with Crippen LogP contribution in [-0.2, 0) is 0 Å². The van der Waals surface area contributed by atoms with Gasteiger partial charge in [-0.3, -0.25) is 5.32 Å². The molecule has 3 heterocycles. The van der Waals surface area contributed by atoms with Crippen molar-refractivity contribution in [3.8, 4) is 11.1 Å². The van der Waals surface area contributed by atoms with Crippen LogP contribution in [0.25, 0.3) is 54.7 Å². The Balaban J connectivity index is 1.27. The van der Waals surface area contributed by atoms with Gasteiger partial charge < -0.3 is 14.3 Å². The van der Waals surface area contributed by atoms with Gasteiger partial charge in [0.15, 0.2) is 12.0 Å². The van der Waals surface area contributed by atoms with Crippen molar-refractivity contribution in [2.45, 2.75) is 12.3 Å². The molecule has 0 aliphatic carbocycles. The van der Waals surface area contributed by atoms with Crippen LogP contribution in [0.5, 0.6) is 0 Å². The molecule has 198 valence electrons. The average molecular weight is 540 g/mol. The second kappa shape index (κ2) is 9.01. The standard InChI is InChI=1S/C38H25N3O/c1-2-11-24(12-3-1)25-15-10-16-28(21-25)35-37-36(30-18-7-9-20-34(30)42-37)40-38(39-35)41-32-19-8-6-17-29(32)31-22-26-13-4-5-14-27(26)23-33(31)41/h1-9,11-15,17-23,35,38-40H. The molecule has 0 bridgehead atoms. The lowest BCUT2D eigenvalue weighted by molar-refractivity contribution is 0.371. The molecule has 0 radical (unpaired) electrons. The van der Waals surface area contributed by atoms with Crippen LogP contribution in [0.15, 0.2) is 132 Å². The maximum Gasteiger partial charge on any atom is 0.160 e. The van der Waals surface area contributed by atoms with Crippen LogP contribution in [0.4, 0.5) is 5.69 Å². The zero-order valence-corrected chi connectivity index (χ0v) is 22.6. The van der Waals surface area contributed by atoms with Gasteiger partial charge in [0.2, 0.25) is 0 Å². The number of para-hydroxylation sites is 2. The summed E-state index contributed by atoms with van der Waals surface area (Å²) in [5.74, 6) is 0.855. The smallest absolute Gasteiger partial charge is 0.160 e. The van der Waals surface area contributed by atoms with Crippen molar-refractivity contribution < 1.29 is 4.42 Å². The maximum absolute atomic E-state index is 6.53. The molecule has 0 saturated heterocycles. The molecule has 2 N–H and O–H groups in total. The molecule has 0 fully saturated rings. The summed E-state index contributed by atoms with van der Waals surface area (Å²) < 4.78 is 8.92. The van der Waals surface area contributed by atoms with Gasteiger partial charge in [-0.15, -0.1) is 0 Å². The Morgan fingerprint density at radius 1 is 0.643 bits per heavy atom. The molecule has 0 amide bonds. The minimum atomic E-state index is -0.249. The zero-order chi connectivity index (χ0) is 27.6. The number of hydrogen-bond acceptors (Lipinski definition) is 3. The predicted octanol–water partition coefficient (Wildman–Crippen LogP) is 9.22. The number of nitrogens with zero attached hydrogens (tertiary/aromatic N) is 1. The molecular formula is C38H25N3O. The van der Waals surface area contributed by atoms with Gasteiger partial charge in [-0.05, 0) is 64.4 Å². The van der Waals surface area contributed by atoms with Crippen LogP contribution in [-0.4, -0.2) is 4.57 Å². The molecule has 2 atom stereocenters. The van der Waals surface area contributed by atoms with Crippen molar-refractivity contribution in [3.05, 3.63) is 151 Å². The number of benzene rings is 5. The van der Waals surface area contributed by atoms with Gasteiger partial charge in [-0.25, -0.2) is 0 Å². The van der Waals surface area contributed by atoms with Crippen molar-refractivity contribution in [2.24, 2.45) is 0 Å². The largest absolute Gasteiger partial charge is 0.457 e. The third-order valence-corrected chi connectivity index (χ3v) is 8.50. The van der Waals surface area contributed by atoms with Gasteiger partial charge in [0.25, 0.3) is 0 Å². The van der Waals surface area contributed by atoms with Crippen LogP contribution in [0.2, 0.25) is 0 Å². The second-order valence-electron chi connectivity index (χ2n) is 10.9. The van der Waals surface area contributed by atoms with E-state index in [-0.39, 0.29) is 12.3 Å². The van der Waals surface area contributed by atoms with E-state index in [9.17, 15) is 0 Å². The monoisotopic (exact) mass is 539 g/mol. The molecule has 2 aromatic heterocycles. The topological polar surface area (TPSA) is 42.1 Å². The Bertz CT molecular complexity index is 2280. The molecule has 1 aliphatic rings. The molecule has 4 nitrogen and oxygen atoms in total. The average Bonchev–Trinajstić information content (AvgIpc) is 3.59. The van der Waals surface area contributed by atoms with E-state index in [0.717, 1.165) is 44.6 Å². The van der Waals surface area contributed by atoms with Gasteiger partial charge in [-0.2, -0.15) is 0 Å². The molecule has 6 aromatic carbocycles. The molecule has 42 heavy (non-hydrogen) atoms. The summed E-state index contributed by atoms with van der Waals surface area (Å²) in [4.78, 5) is 0. The number of aromatic nitrogens is 1. The molecule has 0 spiro atoms. The van der Waals surface area contributed by atoms with Crippen LogP contribution in [0.1, 0.15) is 23.7 Å². The van der Waals surface area contributed by atoms with Gasteiger partial charge in [0.1, 0.15) is 11.6 Å². The third-order valence-electron chi connectivity index (χ3n) is 8.50. The quantitative estimate of drug-likeness (QED) is 0.235. The summed E-state index contributed by atoms with van der Waals surface area (Å²) in [5.41, 5.74) is 7.42. The molecule has 4 heteroatoms. The van der Waals surface area contributed by atoms with Crippen molar-refractivity contribution >= 4 is 49.2 Å². The first-order valence-electron chi connectivity index (χ1n) is 14.3. The number of nitrogens with one attached hydrogen (secondary N) is 2. The highest BCUT2D eigenvalue weighted by Crippen LogP contribution is 2.44. The Morgan fingerprint density at radius 3 is 2.26 bits per heavy atom. The van der Waals surface area contributed by atoms with E-state index >= 15 is 0 Å². The second-order valence-corrected chi connectivity index (χ2v) is 10.9. The number of rotatable bonds is 3. The minimum Gasteiger partial charge on any atom is -0.457 e. The minimum absolute atomic E-state index is 0.241. The van der Waals surface area contributed by atoms with Crippen LogP contribution >= 0.6 is 0 Å². The van der Waals surface area contributed by atoms with Gasteiger partial charge in [0, 0.05) is 21.7 Å². The lowest BCUT2D eigenvalue weighted by Gasteiger charge is -2.33. The summed E-state index contributed by atoms with van der Waals surface area (Å²) in [6.07, 6.45) is -0.249. The number of hydrogen-bond donors (Lipinski definition) is 2. The van der Waals surface area contributed by atoms with Crippen molar-refractivity contribution in [2.75, 3.05) is 5.32 Å². The lowest BCUT2D eigenvalue weighted by atomic mass is 9.98. The highest BCUT2D eigenvalue weighted by molar-refractivity contribution is 6.12. The third kappa shape index (κ3) is 3.48. The van der Waals surface area contributed by atoms with Crippen LogP contribution < -0.4 is 10.6 Å². The maximum atomic E-state index is 6.53. The van der Waals surface area contributed by atoms with E-state index in [4.69, 9.17) is 4.42 Å². The molecule has 9 rings (SSSR count). The van der Waals surface area contributed by atoms with Crippen molar-refractivity contribution in [1.82, 2.24) is 9.88 Å². The fourth-order valence-corrected chi connectivity index (χ4v) is 6.56. The summed E-state index contributed by atoms with van der Waals surface area (Å²) in [6.45, 7) is 0. The number of fused-ring (bicyclic) bond motifs is 7. The fraction of sp³-hybridized carbons (Fsp3) is 0.0526. The van der Waals surface area contributed by atoms with Crippen LogP contribution in [0.3, 0.4) is 0 Å². The Labute approximate surface area is 242 Å². The van der Waals surface area contributed by atoms with Crippen molar-refractivity contribution in [3.63, 3.8) is 0 Å². The highest BCUT2D eigenvalue weighted by Gasteiger charge is 2.34. The van der Waals surface area contributed by atoms with E-state index in [1.54, 1.807) is 0 Å². The lowest BCUT2D eigenvalue weighted by Crippen LogP contribution is -2.40. The molecule has 2 unspecified atom stereocenters. The summed E-state index contributed by atoms with van der Waals surface area (Å²) in [5, 5.41) is 13.7. The van der Waals surface area contributed by atoms with E-state index in [1.807, 2.05) is 24.3 Å². The van der Waals surface area contributed by atoms with Gasteiger partial charge >= 0.3 is 0 Å². The van der Waals surface area contributed by atoms with Crippen LogP contribution in [0, 0.1) is 12.1 Å². The Morgan fingerprint density at radius 2 is 1.38 bits per heavy atom. The Hall–Kier alpha value is -5.50. The molecule has 1 aliphatic heterocycles. The summed E-state index contributed by atoms with van der Waals surface area (Å²) >= 11 is 0. The molecule has 0 saturated carbocycles. The first-order chi connectivity index (χ1) is 20.8. The summed E-state index contributed by atoms with van der Waals surface area (Å²) in [6, 6.07) is 51.2. The van der Waals surface area contributed by atoms with Gasteiger partial charge in [0.05, 0.1) is 16.7 Å². The SMILES string of the molecule is c1cc(-c2ccccc2)cc(C2NC(n3c4ccccc4c4cc5ccccc5cc43)Nc3c2oc2ccccc32)c#1. The number of anilines is 1. The van der Waals surface area contributed by atoms with Crippen molar-refractivity contribution in [1.29, 1.82) is 0 Å². The normalized spacial score (nSPS) is 16.5. The van der Waals surface area contributed by atoms with E-state index in [1.165, 1.54) is 27.1 Å². The highest BCUT2D eigenvalue weighted by atomic mass is 16.3. The molecule has 8 aromatic rings. The summed E-state index contributed by atoms with van der Waals surface area (Å²) in [7, 11) is 0. The van der Waals surface area contributed by atoms with E-state index in [2.05, 4.69) is 130 Å². The predicted molar refractivity (Wildman–Crippen MR) is 170 cm³/mol. The Kier molecular flexibility index (Phi) is 4.98. The zero-order valence-electron chi connectivity index (χ0n) is 22.6. The van der Waals surface area contributed by atoms with E-state index in [0.29, 0.717) is 0 Å². The first kappa shape index (κ1) is 23.2. The van der Waals surface area contributed by atoms with Gasteiger partial charge in [-0.1, -0.05) is 97.1 Å². The molecular weight excluding hydrogens is 514 g/mol. The fourth-order valence-electron chi connectivity index (χ4n) is 6.56. The number of furan rings is 1. The first-order valence-corrected chi connectivity index (χ1v) is 14.3.